The molecule has 1 amide bonds. The van der Waals surface area contributed by atoms with Gasteiger partial charge < -0.3 is 11.1 Å². The fraction of sp³-hybridized carbons (Fsp3) is 0.462. The Kier molecular flexibility index (Phi) is 6.04. The SMILES string of the molecule is Cl.NCC1CCCC1NC(=O)c1ccc(F)c(Cl)c1. The summed E-state index contributed by atoms with van der Waals surface area (Å²) in [5.41, 5.74) is 6.04. The molecule has 0 radical (unpaired) electrons. The molecule has 3 nitrogen and oxygen atoms in total. The molecule has 3 N–H and O–H groups in total. The lowest BCUT2D eigenvalue weighted by molar-refractivity contribution is 0.0928. The van der Waals surface area contributed by atoms with Crippen LogP contribution >= 0.6 is 24.0 Å². The molecule has 6 heteroatoms. The van der Waals surface area contributed by atoms with Crippen LogP contribution in [0.5, 0.6) is 0 Å². The zero-order valence-electron chi connectivity index (χ0n) is 10.4. The van der Waals surface area contributed by atoms with Crippen molar-refractivity contribution in [1.29, 1.82) is 0 Å². The first-order valence-corrected chi connectivity index (χ1v) is 6.45. The number of nitrogens with two attached hydrogens (primary N) is 1. The Labute approximate surface area is 123 Å². The summed E-state index contributed by atoms with van der Waals surface area (Å²) in [5.74, 6) is -0.402. The van der Waals surface area contributed by atoms with Gasteiger partial charge in [-0.25, -0.2) is 4.39 Å². The van der Waals surface area contributed by atoms with Gasteiger partial charge in [-0.3, -0.25) is 4.79 Å². The summed E-state index contributed by atoms with van der Waals surface area (Å²) < 4.78 is 13.0. The number of benzene rings is 1. The molecule has 2 rings (SSSR count). The molecule has 0 heterocycles. The second-order valence-corrected chi connectivity index (χ2v) is 5.04. The molecule has 1 aliphatic carbocycles. The van der Waals surface area contributed by atoms with Crippen molar-refractivity contribution in [2.75, 3.05) is 6.54 Å². The third-order valence-electron chi connectivity index (χ3n) is 3.46. The molecule has 0 saturated heterocycles. The van der Waals surface area contributed by atoms with E-state index in [1.807, 2.05) is 0 Å². The lowest BCUT2D eigenvalue weighted by atomic mass is 10.0. The Hall–Kier alpha value is -0.840. The fourth-order valence-corrected chi connectivity index (χ4v) is 2.58. The van der Waals surface area contributed by atoms with Crippen LogP contribution in [-0.2, 0) is 0 Å². The highest BCUT2D eigenvalue weighted by Gasteiger charge is 2.27. The summed E-state index contributed by atoms with van der Waals surface area (Å²) in [6.07, 6.45) is 3.07. The molecule has 106 valence electrons. The number of carbonyl (C=O) groups is 1. The molecule has 2 unspecified atom stereocenters. The van der Waals surface area contributed by atoms with Gasteiger partial charge in [0.05, 0.1) is 5.02 Å². The number of hydrogen-bond donors (Lipinski definition) is 2. The Morgan fingerprint density at radius 3 is 2.84 bits per heavy atom. The molecule has 0 aliphatic heterocycles. The Balaban J connectivity index is 0.00000180. The fourth-order valence-electron chi connectivity index (χ4n) is 2.40. The van der Waals surface area contributed by atoms with Crippen molar-refractivity contribution in [3.63, 3.8) is 0 Å². The largest absolute Gasteiger partial charge is 0.349 e. The van der Waals surface area contributed by atoms with Gasteiger partial charge in [-0.15, -0.1) is 12.4 Å². The van der Waals surface area contributed by atoms with Crippen LogP contribution in [0.25, 0.3) is 0 Å². The van der Waals surface area contributed by atoms with Gasteiger partial charge in [0.1, 0.15) is 5.82 Å². The molecule has 2 atom stereocenters. The standard InChI is InChI=1S/C13H16ClFN2O.ClH/c14-10-6-8(4-5-11(10)15)13(18)17-12-3-1-2-9(12)7-16;/h4-6,9,12H,1-3,7,16H2,(H,17,18);1H. The van der Waals surface area contributed by atoms with Gasteiger partial charge >= 0.3 is 0 Å². The molecular formula is C13H17Cl2FN2O. The van der Waals surface area contributed by atoms with Crippen molar-refractivity contribution in [3.05, 3.63) is 34.6 Å². The number of hydrogen-bond acceptors (Lipinski definition) is 2. The molecule has 1 aliphatic rings. The van der Waals surface area contributed by atoms with Crippen molar-refractivity contribution in [3.8, 4) is 0 Å². The van der Waals surface area contributed by atoms with Crippen molar-refractivity contribution < 1.29 is 9.18 Å². The van der Waals surface area contributed by atoms with E-state index in [2.05, 4.69) is 5.32 Å². The number of nitrogens with one attached hydrogen (secondary N) is 1. The number of carbonyl (C=O) groups excluding carboxylic acids is 1. The van der Waals surface area contributed by atoms with Gasteiger partial charge in [0.15, 0.2) is 0 Å². The first-order chi connectivity index (χ1) is 8.61. The van der Waals surface area contributed by atoms with E-state index in [1.165, 1.54) is 18.2 Å². The topological polar surface area (TPSA) is 55.1 Å². The van der Waals surface area contributed by atoms with E-state index in [-0.39, 0.29) is 29.4 Å². The molecule has 0 spiro atoms. The van der Waals surface area contributed by atoms with Gasteiger partial charge in [0, 0.05) is 11.6 Å². The van der Waals surface area contributed by atoms with Gasteiger partial charge in [0.2, 0.25) is 0 Å². The summed E-state index contributed by atoms with van der Waals surface area (Å²) in [5, 5.41) is 2.91. The number of amides is 1. The summed E-state index contributed by atoms with van der Waals surface area (Å²) in [7, 11) is 0. The summed E-state index contributed by atoms with van der Waals surface area (Å²) in [6.45, 7) is 0.578. The number of halogens is 3. The third-order valence-corrected chi connectivity index (χ3v) is 3.75. The van der Waals surface area contributed by atoms with Crippen LogP contribution in [0.4, 0.5) is 4.39 Å². The van der Waals surface area contributed by atoms with Gasteiger partial charge in [-0.05, 0) is 43.5 Å². The van der Waals surface area contributed by atoms with Crippen molar-refractivity contribution in [2.45, 2.75) is 25.3 Å². The third kappa shape index (κ3) is 3.81. The monoisotopic (exact) mass is 306 g/mol. The molecule has 1 aromatic carbocycles. The van der Waals surface area contributed by atoms with Gasteiger partial charge in [-0.2, -0.15) is 0 Å². The lowest BCUT2D eigenvalue weighted by Crippen LogP contribution is -2.39. The Morgan fingerprint density at radius 2 is 2.21 bits per heavy atom. The van der Waals surface area contributed by atoms with Crippen LogP contribution in [0.3, 0.4) is 0 Å². The zero-order chi connectivity index (χ0) is 13.1. The number of rotatable bonds is 3. The quantitative estimate of drug-likeness (QED) is 0.902. The maximum absolute atomic E-state index is 13.0. The maximum atomic E-state index is 13.0. The van der Waals surface area contributed by atoms with Crippen LogP contribution in [0.1, 0.15) is 29.6 Å². The predicted octanol–water partition coefficient (Wildman–Crippen LogP) is 2.76. The average molecular weight is 307 g/mol. The molecule has 1 aromatic rings. The van der Waals surface area contributed by atoms with E-state index in [0.717, 1.165) is 19.3 Å². The van der Waals surface area contributed by atoms with Crippen molar-refractivity contribution in [2.24, 2.45) is 11.7 Å². The Morgan fingerprint density at radius 1 is 1.47 bits per heavy atom. The van der Waals surface area contributed by atoms with Crippen molar-refractivity contribution in [1.82, 2.24) is 5.32 Å². The maximum Gasteiger partial charge on any atom is 0.251 e. The predicted molar refractivity (Wildman–Crippen MR) is 76.3 cm³/mol. The zero-order valence-corrected chi connectivity index (χ0v) is 11.9. The van der Waals surface area contributed by atoms with Crippen LogP contribution in [0.2, 0.25) is 5.02 Å². The smallest absolute Gasteiger partial charge is 0.251 e. The highest BCUT2D eigenvalue weighted by atomic mass is 35.5. The summed E-state index contributed by atoms with van der Waals surface area (Å²) in [4.78, 5) is 12.0. The van der Waals surface area contributed by atoms with E-state index >= 15 is 0 Å². The normalized spacial score (nSPS) is 21.8. The van der Waals surface area contributed by atoms with Gasteiger partial charge in [0.25, 0.3) is 5.91 Å². The van der Waals surface area contributed by atoms with Crippen molar-refractivity contribution >= 4 is 29.9 Å². The molecular weight excluding hydrogens is 290 g/mol. The minimum Gasteiger partial charge on any atom is -0.349 e. The van der Waals surface area contributed by atoms with Crippen LogP contribution in [-0.4, -0.2) is 18.5 Å². The Bertz CT molecular complexity index is 456. The van der Waals surface area contributed by atoms with E-state index < -0.39 is 5.82 Å². The van der Waals surface area contributed by atoms with Crippen LogP contribution in [0, 0.1) is 11.7 Å². The first-order valence-electron chi connectivity index (χ1n) is 6.08. The van der Waals surface area contributed by atoms with E-state index in [1.54, 1.807) is 0 Å². The summed E-state index contributed by atoms with van der Waals surface area (Å²) in [6, 6.07) is 4.10. The van der Waals surface area contributed by atoms with E-state index in [9.17, 15) is 9.18 Å². The average Bonchev–Trinajstić information content (AvgIpc) is 2.79. The highest BCUT2D eigenvalue weighted by Crippen LogP contribution is 2.25. The van der Waals surface area contributed by atoms with Crippen LogP contribution in [0.15, 0.2) is 18.2 Å². The molecule has 1 fully saturated rings. The van der Waals surface area contributed by atoms with E-state index in [0.29, 0.717) is 18.0 Å². The molecule has 0 aromatic heterocycles. The highest BCUT2D eigenvalue weighted by molar-refractivity contribution is 6.31. The minimum absolute atomic E-state index is 0. The lowest BCUT2D eigenvalue weighted by Gasteiger charge is -2.19. The van der Waals surface area contributed by atoms with E-state index in [4.69, 9.17) is 17.3 Å². The molecule has 19 heavy (non-hydrogen) atoms. The molecule has 0 bridgehead atoms. The molecule has 1 saturated carbocycles. The second kappa shape index (κ2) is 7.08. The summed E-state index contributed by atoms with van der Waals surface area (Å²) >= 11 is 5.66. The minimum atomic E-state index is -0.520. The first kappa shape index (κ1) is 16.2. The second-order valence-electron chi connectivity index (χ2n) is 4.64. The van der Waals surface area contributed by atoms with Crippen LogP contribution < -0.4 is 11.1 Å². The van der Waals surface area contributed by atoms with Gasteiger partial charge in [-0.1, -0.05) is 18.0 Å².